The van der Waals surface area contributed by atoms with Crippen molar-refractivity contribution in [3.05, 3.63) is 29.8 Å². The van der Waals surface area contributed by atoms with Crippen LogP contribution in [0.3, 0.4) is 0 Å². The molecular weight excluding hydrogens is 330 g/mol. The summed E-state index contributed by atoms with van der Waals surface area (Å²) in [4.78, 5) is 26.6. The largest absolute Gasteiger partial charge is 0.497 e. The first-order valence-corrected chi connectivity index (χ1v) is 9.38. The lowest BCUT2D eigenvalue weighted by Gasteiger charge is -2.34. The first-order valence-electron chi connectivity index (χ1n) is 9.38. The molecule has 2 amide bonds. The maximum Gasteiger partial charge on any atom is 0.225 e. The lowest BCUT2D eigenvalue weighted by atomic mass is 9.81. The third-order valence-electron chi connectivity index (χ3n) is 5.62. The van der Waals surface area contributed by atoms with Gasteiger partial charge in [0.05, 0.1) is 13.0 Å². The van der Waals surface area contributed by atoms with Crippen molar-refractivity contribution in [3.63, 3.8) is 0 Å². The van der Waals surface area contributed by atoms with Crippen molar-refractivity contribution in [1.82, 2.24) is 15.5 Å². The Balaban J connectivity index is 1.50. The Morgan fingerprint density at radius 1 is 1.31 bits per heavy atom. The molecule has 0 bridgehead atoms. The van der Waals surface area contributed by atoms with Gasteiger partial charge in [0.1, 0.15) is 5.75 Å². The Morgan fingerprint density at radius 2 is 2.00 bits per heavy atom. The Morgan fingerprint density at radius 3 is 2.65 bits per heavy atom. The van der Waals surface area contributed by atoms with E-state index in [1.807, 2.05) is 24.3 Å². The highest BCUT2D eigenvalue weighted by Gasteiger charge is 2.35. The van der Waals surface area contributed by atoms with Gasteiger partial charge in [-0.3, -0.25) is 9.59 Å². The van der Waals surface area contributed by atoms with Crippen molar-refractivity contribution in [2.45, 2.75) is 32.7 Å². The van der Waals surface area contributed by atoms with Gasteiger partial charge in [0.2, 0.25) is 11.8 Å². The fraction of sp³-hybridized carbons (Fsp3) is 0.600. The van der Waals surface area contributed by atoms with Crippen molar-refractivity contribution in [2.24, 2.45) is 11.3 Å². The van der Waals surface area contributed by atoms with E-state index in [2.05, 4.69) is 17.6 Å². The van der Waals surface area contributed by atoms with Crippen LogP contribution in [-0.2, 0) is 16.1 Å². The number of amides is 2. The number of hydrogen-bond donors (Lipinski definition) is 2. The van der Waals surface area contributed by atoms with Gasteiger partial charge in [-0.2, -0.15) is 0 Å². The minimum absolute atomic E-state index is 0.00957. The highest BCUT2D eigenvalue weighted by Crippen LogP contribution is 2.27. The van der Waals surface area contributed by atoms with Gasteiger partial charge in [0.25, 0.3) is 0 Å². The number of rotatable bonds is 6. The van der Waals surface area contributed by atoms with E-state index in [4.69, 9.17) is 4.74 Å². The van der Waals surface area contributed by atoms with Gasteiger partial charge in [-0.05, 0) is 49.0 Å². The number of benzene rings is 1. The SMILES string of the molecule is COc1ccc(CN2CC(C(=O)NCC3(C)CCNCC3)CC2=O)cc1. The zero-order chi connectivity index (χ0) is 18.6. The number of carbonyl (C=O) groups excluding carboxylic acids is 2. The fourth-order valence-corrected chi connectivity index (χ4v) is 3.70. The molecule has 2 heterocycles. The second-order valence-electron chi connectivity index (χ2n) is 7.80. The van der Waals surface area contributed by atoms with Crippen LogP contribution in [0.15, 0.2) is 24.3 Å². The summed E-state index contributed by atoms with van der Waals surface area (Å²) in [7, 11) is 1.63. The van der Waals surface area contributed by atoms with Crippen LogP contribution < -0.4 is 15.4 Å². The lowest BCUT2D eigenvalue weighted by Crippen LogP contribution is -2.44. The second-order valence-corrected chi connectivity index (χ2v) is 7.80. The zero-order valence-corrected chi connectivity index (χ0v) is 15.7. The summed E-state index contributed by atoms with van der Waals surface area (Å²) in [5.74, 6) is 0.612. The average molecular weight is 359 g/mol. The second kappa shape index (κ2) is 8.08. The van der Waals surface area contributed by atoms with Crippen molar-refractivity contribution >= 4 is 11.8 Å². The van der Waals surface area contributed by atoms with E-state index in [0.29, 0.717) is 26.1 Å². The summed E-state index contributed by atoms with van der Waals surface area (Å²) in [5, 5.41) is 6.45. The molecule has 2 fully saturated rings. The maximum atomic E-state index is 12.5. The van der Waals surface area contributed by atoms with E-state index >= 15 is 0 Å². The molecule has 2 aliphatic heterocycles. The number of nitrogens with zero attached hydrogens (tertiary/aromatic N) is 1. The number of likely N-dealkylation sites (tertiary alicyclic amines) is 1. The minimum atomic E-state index is -0.244. The molecule has 1 aromatic carbocycles. The summed E-state index contributed by atoms with van der Waals surface area (Å²) < 4.78 is 5.16. The number of nitrogens with one attached hydrogen (secondary N) is 2. The summed E-state index contributed by atoms with van der Waals surface area (Å²) in [6.07, 6.45) is 2.45. The predicted molar refractivity (Wildman–Crippen MR) is 99.7 cm³/mol. The lowest BCUT2D eigenvalue weighted by molar-refractivity contribution is -0.129. The smallest absolute Gasteiger partial charge is 0.225 e. The van der Waals surface area contributed by atoms with Gasteiger partial charge in [-0.1, -0.05) is 19.1 Å². The van der Waals surface area contributed by atoms with Gasteiger partial charge in [-0.15, -0.1) is 0 Å². The van der Waals surface area contributed by atoms with Gasteiger partial charge in [-0.25, -0.2) is 0 Å². The molecule has 2 aliphatic rings. The Bertz CT molecular complexity index is 638. The van der Waals surface area contributed by atoms with Crippen molar-refractivity contribution in [3.8, 4) is 5.75 Å². The van der Waals surface area contributed by atoms with Gasteiger partial charge >= 0.3 is 0 Å². The summed E-state index contributed by atoms with van der Waals surface area (Å²) in [6, 6.07) is 7.69. The molecule has 6 heteroatoms. The van der Waals surface area contributed by atoms with Crippen molar-refractivity contribution in [2.75, 3.05) is 33.3 Å². The van der Waals surface area contributed by atoms with Crippen molar-refractivity contribution < 1.29 is 14.3 Å². The molecule has 0 aromatic heterocycles. The first kappa shape index (κ1) is 18.7. The molecule has 26 heavy (non-hydrogen) atoms. The van der Waals surface area contributed by atoms with E-state index in [1.165, 1.54) is 0 Å². The van der Waals surface area contributed by atoms with E-state index < -0.39 is 0 Å². The predicted octanol–water partition coefficient (Wildman–Crippen LogP) is 1.55. The van der Waals surface area contributed by atoms with Gasteiger partial charge in [0.15, 0.2) is 0 Å². The molecule has 142 valence electrons. The van der Waals surface area contributed by atoms with Gasteiger partial charge in [0, 0.05) is 26.1 Å². The third-order valence-corrected chi connectivity index (χ3v) is 5.62. The molecule has 0 radical (unpaired) electrons. The van der Waals surface area contributed by atoms with Gasteiger partial charge < -0.3 is 20.3 Å². The van der Waals surface area contributed by atoms with Crippen LogP contribution in [0.1, 0.15) is 31.7 Å². The molecule has 0 spiro atoms. The average Bonchev–Trinajstić information content (AvgIpc) is 3.02. The molecule has 1 aromatic rings. The van der Waals surface area contributed by atoms with Crippen LogP contribution in [0.5, 0.6) is 5.75 Å². The highest BCUT2D eigenvalue weighted by molar-refractivity contribution is 5.89. The maximum absolute atomic E-state index is 12.5. The molecule has 6 nitrogen and oxygen atoms in total. The summed E-state index contributed by atoms with van der Waals surface area (Å²) in [5.41, 5.74) is 1.20. The van der Waals surface area contributed by atoms with Crippen LogP contribution in [0, 0.1) is 11.3 Å². The van der Waals surface area contributed by atoms with Crippen LogP contribution in [0.25, 0.3) is 0 Å². The standard InChI is InChI=1S/C20H29N3O3/c1-20(7-9-21-10-8-20)14-22-19(25)16-11-18(24)23(13-16)12-15-3-5-17(26-2)6-4-15/h3-6,16,21H,7-14H2,1-2H3,(H,22,25). The minimum Gasteiger partial charge on any atom is -0.497 e. The Labute approximate surface area is 155 Å². The molecule has 1 unspecified atom stereocenters. The van der Waals surface area contributed by atoms with E-state index in [0.717, 1.165) is 37.2 Å². The summed E-state index contributed by atoms with van der Waals surface area (Å²) >= 11 is 0. The molecule has 1 atom stereocenters. The summed E-state index contributed by atoms with van der Waals surface area (Å²) in [6.45, 7) is 5.96. The normalized spacial score (nSPS) is 22.3. The number of methoxy groups -OCH3 is 1. The van der Waals surface area contributed by atoms with Crippen molar-refractivity contribution in [1.29, 1.82) is 0 Å². The van der Waals surface area contributed by atoms with Crippen LogP contribution in [0.2, 0.25) is 0 Å². The first-order chi connectivity index (χ1) is 12.5. The highest BCUT2D eigenvalue weighted by atomic mass is 16.5. The fourth-order valence-electron chi connectivity index (χ4n) is 3.70. The Kier molecular flexibility index (Phi) is 5.81. The third kappa shape index (κ3) is 4.55. The number of piperidine rings is 1. The molecule has 3 rings (SSSR count). The van der Waals surface area contributed by atoms with Crippen LogP contribution in [0.4, 0.5) is 0 Å². The number of carbonyl (C=O) groups is 2. The van der Waals surface area contributed by atoms with E-state index in [-0.39, 0.29) is 23.1 Å². The topological polar surface area (TPSA) is 70.7 Å². The van der Waals surface area contributed by atoms with Crippen LogP contribution >= 0.6 is 0 Å². The van der Waals surface area contributed by atoms with E-state index in [9.17, 15) is 9.59 Å². The molecule has 0 saturated carbocycles. The van der Waals surface area contributed by atoms with Crippen LogP contribution in [-0.4, -0.2) is 50.0 Å². The molecule has 2 saturated heterocycles. The molecule has 0 aliphatic carbocycles. The zero-order valence-electron chi connectivity index (χ0n) is 15.7. The van der Waals surface area contributed by atoms with E-state index in [1.54, 1.807) is 12.0 Å². The number of hydrogen-bond acceptors (Lipinski definition) is 4. The number of ether oxygens (including phenoxy) is 1. The quantitative estimate of drug-likeness (QED) is 0.808. The monoisotopic (exact) mass is 359 g/mol. The molecule has 2 N–H and O–H groups in total. The molecular formula is C20H29N3O3. The Hall–Kier alpha value is -2.08.